The van der Waals surface area contributed by atoms with Crippen molar-refractivity contribution in [3.8, 4) is 0 Å². The van der Waals surface area contributed by atoms with Crippen LogP contribution in [0, 0.1) is 0 Å². The molecule has 118 valence electrons. The lowest BCUT2D eigenvalue weighted by molar-refractivity contribution is -0.132. The molecule has 2 aliphatic heterocycles. The van der Waals surface area contributed by atoms with Gasteiger partial charge in [-0.2, -0.15) is 0 Å². The number of nitrogens with zero attached hydrogens (tertiary/aromatic N) is 1. The molecule has 2 heterocycles. The number of carbonyl (C=O) groups is 2. The summed E-state index contributed by atoms with van der Waals surface area (Å²) in [5, 5.41) is 7.09. The predicted octanol–water partition coefficient (Wildman–Crippen LogP) is 2.61. The number of rotatable bonds is 2. The van der Waals surface area contributed by atoms with Gasteiger partial charge in [0.05, 0.1) is 11.3 Å². The van der Waals surface area contributed by atoms with Crippen LogP contribution in [0.15, 0.2) is 18.2 Å². The molecule has 1 spiro atoms. The molecule has 0 radical (unpaired) electrons. The molecule has 0 atom stereocenters. The normalized spacial score (nSPS) is 19.4. The van der Waals surface area contributed by atoms with Crippen LogP contribution in [0.3, 0.4) is 0 Å². The van der Waals surface area contributed by atoms with Crippen LogP contribution in [-0.2, 0) is 4.79 Å². The molecule has 1 aromatic carbocycles. The number of hydrogen-bond donors (Lipinski definition) is 2. The lowest BCUT2D eigenvalue weighted by atomic mass is 9.92. The largest absolute Gasteiger partial charge is 0.362 e. The number of anilines is 1. The highest BCUT2D eigenvalue weighted by Crippen LogP contribution is 2.33. The van der Waals surface area contributed by atoms with Gasteiger partial charge in [-0.15, -0.1) is 0 Å². The van der Waals surface area contributed by atoms with Crippen LogP contribution in [0.5, 0.6) is 0 Å². The smallest absolute Gasteiger partial charge is 0.255 e. The van der Waals surface area contributed by atoms with E-state index >= 15 is 0 Å². The number of halogens is 1. The van der Waals surface area contributed by atoms with Gasteiger partial charge in [0.25, 0.3) is 5.91 Å². The zero-order valence-corrected chi connectivity index (χ0v) is 13.4. The van der Waals surface area contributed by atoms with Gasteiger partial charge in [-0.3, -0.25) is 9.59 Å². The maximum absolute atomic E-state index is 12.3. The summed E-state index contributed by atoms with van der Waals surface area (Å²) in [7, 11) is 0. The fourth-order valence-corrected chi connectivity index (χ4v) is 3.32. The standard InChI is InChI=1S/C16H20ClN3O2/c1-2-3-14(21)20-8-6-16(7-9-20)18-13-10-11(17)4-5-12(13)15(22)19-16/h4-5,10,18H,2-3,6-9H2,1H3,(H,19,22). The monoisotopic (exact) mass is 321 g/mol. The second-order valence-corrected chi connectivity index (χ2v) is 6.42. The third-order valence-electron chi connectivity index (χ3n) is 4.39. The molecular formula is C16H20ClN3O2. The van der Waals surface area contributed by atoms with Gasteiger partial charge in [0.1, 0.15) is 5.66 Å². The summed E-state index contributed by atoms with van der Waals surface area (Å²) in [4.78, 5) is 26.2. The van der Waals surface area contributed by atoms with Crippen LogP contribution >= 0.6 is 11.6 Å². The summed E-state index contributed by atoms with van der Waals surface area (Å²) in [6.07, 6.45) is 2.84. The van der Waals surface area contributed by atoms with Gasteiger partial charge in [-0.1, -0.05) is 18.5 Å². The number of amides is 2. The molecule has 1 aromatic rings. The molecule has 0 bridgehead atoms. The predicted molar refractivity (Wildman–Crippen MR) is 86.0 cm³/mol. The summed E-state index contributed by atoms with van der Waals surface area (Å²) >= 11 is 6.03. The van der Waals surface area contributed by atoms with Crippen LogP contribution in [-0.4, -0.2) is 35.5 Å². The Morgan fingerprint density at radius 1 is 1.32 bits per heavy atom. The van der Waals surface area contributed by atoms with Gasteiger partial charge in [-0.25, -0.2) is 0 Å². The minimum Gasteiger partial charge on any atom is -0.362 e. The zero-order chi connectivity index (χ0) is 15.7. The lowest BCUT2D eigenvalue weighted by Crippen LogP contribution is -2.62. The first-order valence-electron chi connectivity index (χ1n) is 7.71. The van der Waals surface area contributed by atoms with Crippen molar-refractivity contribution < 1.29 is 9.59 Å². The van der Waals surface area contributed by atoms with E-state index < -0.39 is 5.66 Å². The Hall–Kier alpha value is -1.75. The highest BCUT2D eigenvalue weighted by Gasteiger charge is 2.40. The van der Waals surface area contributed by atoms with Crippen molar-refractivity contribution in [1.29, 1.82) is 0 Å². The van der Waals surface area contributed by atoms with E-state index in [2.05, 4.69) is 10.6 Å². The Morgan fingerprint density at radius 2 is 2.05 bits per heavy atom. The number of fused-ring (bicyclic) bond motifs is 1. The van der Waals surface area contributed by atoms with Gasteiger partial charge in [0.15, 0.2) is 0 Å². The summed E-state index contributed by atoms with van der Waals surface area (Å²) in [6.45, 7) is 3.32. The highest BCUT2D eigenvalue weighted by atomic mass is 35.5. The number of hydrogen-bond acceptors (Lipinski definition) is 3. The summed E-state index contributed by atoms with van der Waals surface area (Å²) in [5.74, 6) is 0.113. The summed E-state index contributed by atoms with van der Waals surface area (Å²) in [6, 6.07) is 5.23. The van der Waals surface area contributed by atoms with E-state index in [0.29, 0.717) is 42.9 Å². The molecule has 2 aliphatic rings. The van der Waals surface area contributed by atoms with E-state index in [1.165, 1.54) is 0 Å². The van der Waals surface area contributed by atoms with Crippen LogP contribution in [0.2, 0.25) is 5.02 Å². The summed E-state index contributed by atoms with van der Waals surface area (Å²) < 4.78 is 0. The van der Waals surface area contributed by atoms with Crippen LogP contribution in [0.25, 0.3) is 0 Å². The molecule has 3 rings (SSSR count). The fourth-order valence-electron chi connectivity index (χ4n) is 3.15. The molecule has 0 aliphatic carbocycles. The van der Waals surface area contributed by atoms with Gasteiger partial charge in [0.2, 0.25) is 5.91 Å². The summed E-state index contributed by atoms with van der Waals surface area (Å²) in [5.41, 5.74) is 0.904. The Labute approximate surface area is 135 Å². The Morgan fingerprint density at radius 3 is 2.73 bits per heavy atom. The second kappa shape index (κ2) is 5.80. The number of piperidine rings is 1. The Kier molecular flexibility index (Phi) is 4.00. The van der Waals surface area contributed by atoms with E-state index in [4.69, 9.17) is 11.6 Å². The average molecular weight is 322 g/mol. The molecule has 0 aromatic heterocycles. The van der Waals surface area contributed by atoms with Crippen LogP contribution < -0.4 is 10.6 Å². The SMILES string of the molecule is CCCC(=O)N1CCC2(CC1)NC(=O)c1ccc(Cl)cc1N2. The molecule has 2 amide bonds. The molecule has 2 N–H and O–H groups in total. The topological polar surface area (TPSA) is 61.4 Å². The third-order valence-corrected chi connectivity index (χ3v) is 4.62. The first kappa shape index (κ1) is 15.2. The van der Waals surface area contributed by atoms with E-state index in [1.54, 1.807) is 18.2 Å². The van der Waals surface area contributed by atoms with Crippen molar-refractivity contribution in [2.45, 2.75) is 38.3 Å². The van der Waals surface area contributed by atoms with E-state index in [1.807, 2.05) is 11.8 Å². The molecule has 0 unspecified atom stereocenters. The van der Waals surface area contributed by atoms with Crippen molar-refractivity contribution >= 4 is 29.1 Å². The van der Waals surface area contributed by atoms with E-state index in [9.17, 15) is 9.59 Å². The fraction of sp³-hybridized carbons (Fsp3) is 0.500. The molecule has 1 saturated heterocycles. The lowest BCUT2D eigenvalue weighted by Gasteiger charge is -2.46. The quantitative estimate of drug-likeness (QED) is 0.880. The first-order chi connectivity index (χ1) is 10.5. The van der Waals surface area contributed by atoms with Crippen molar-refractivity contribution in [2.24, 2.45) is 0 Å². The van der Waals surface area contributed by atoms with Crippen LogP contribution in [0.4, 0.5) is 5.69 Å². The number of likely N-dealkylation sites (tertiary alicyclic amines) is 1. The Bertz CT molecular complexity index is 609. The van der Waals surface area contributed by atoms with E-state index in [0.717, 1.165) is 12.1 Å². The number of nitrogens with one attached hydrogen (secondary N) is 2. The van der Waals surface area contributed by atoms with Crippen molar-refractivity contribution in [3.63, 3.8) is 0 Å². The minimum atomic E-state index is -0.474. The zero-order valence-electron chi connectivity index (χ0n) is 12.6. The molecule has 1 fully saturated rings. The van der Waals surface area contributed by atoms with Gasteiger partial charge >= 0.3 is 0 Å². The minimum absolute atomic E-state index is 0.0845. The molecule has 6 heteroatoms. The number of carbonyl (C=O) groups excluding carboxylic acids is 2. The Balaban J connectivity index is 1.74. The number of benzene rings is 1. The molecule has 5 nitrogen and oxygen atoms in total. The van der Waals surface area contributed by atoms with Gasteiger partial charge in [-0.05, 0) is 24.6 Å². The average Bonchev–Trinajstić information content (AvgIpc) is 2.47. The van der Waals surface area contributed by atoms with Crippen molar-refractivity contribution in [2.75, 3.05) is 18.4 Å². The van der Waals surface area contributed by atoms with Crippen molar-refractivity contribution in [3.05, 3.63) is 28.8 Å². The van der Waals surface area contributed by atoms with Gasteiger partial charge < -0.3 is 15.5 Å². The van der Waals surface area contributed by atoms with Gasteiger partial charge in [0, 0.05) is 37.4 Å². The maximum atomic E-state index is 12.3. The molecule has 22 heavy (non-hydrogen) atoms. The molecule has 0 saturated carbocycles. The van der Waals surface area contributed by atoms with Crippen LogP contribution in [0.1, 0.15) is 43.0 Å². The second-order valence-electron chi connectivity index (χ2n) is 5.98. The third kappa shape index (κ3) is 2.77. The molecular weight excluding hydrogens is 302 g/mol. The van der Waals surface area contributed by atoms with Crippen molar-refractivity contribution in [1.82, 2.24) is 10.2 Å². The first-order valence-corrected chi connectivity index (χ1v) is 8.09. The highest BCUT2D eigenvalue weighted by molar-refractivity contribution is 6.31. The maximum Gasteiger partial charge on any atom is 0.255 e. The van der Waals surface area contributed by atoms with E-state index in [-0.39, 0.29) is 11.8 Å².